The summed E-state index contributed by atoms with van der Waals surface area (Å²) in [6.45, 7) is 1.68. The number of hydrogen-bond donors (Lipinski definition) is 0. The minimum absolute atomic E-state index is 0.267. The molecule has 0 N–H and O–H groups in total. The number of rotatable bonds is 3. The summed E-state index contributed by atoms with van der Waals surface area (Å²) >= 11 is 0. The van der Waals surface area contributed by atoms with Crippen LogP contribution in [-0.4, -0.2) is 31.5 Å². The van der Waals surface area contributed by atoms with Gasteiger partial charge in [-0.25, -0.2) is 9.19 Å². The molecule has 0 spiro atoms. The Morgan fingerprint density at radius 1 is 1.21 bits per heavy atom. The van der Waals surface area contributed by atoms with E-state index in [0.29, 0.717) is 22.8 Å². The summed E-state index contributed by atoms with van der Waals surface area (Å²) in [6.07, 6.45) is 2.90. The van der Waals surface area contributed by atoms with Crippen molar-refractivity contribution in [1.82, 2.24) is 15.1 Å². The number of carbonyl (C=O) groups is 1. The molecule has 3 aromatic rings. The van der Waals surface area contributed by atoms with Crippen LogP contribution in [0.4, 0.5) is 0 Å². The first-order chi connectivity index (χ1) is 11.5. The summed E-state index contributed by atoms with van der Waals surface area (Å²) in [6, 6.07) is 11.6. The largest absolute Gasteiger partial charge is 0.339 e. The van der Waals surface area contributed by atoms with E-state index in [9.17, 15) is 9.00 Å². The number of carbonyl (C=O) groups excluding carboxylic acids is 1. The fraction of sp³-hybridized carbons (Fsp3) is 0.125. The molecule has 2 heterocycles. The topological polar surface area (TPSA) is 98.3 Å². The molecule has 2 aromatic heterocycles. The maximum atomic E-state index is 12.6. The average molecular weight is 342 g/mol. The van der Waals surface area contributed by atoms with E-state index < -0.39 is 15.6 Å². The lowest BCUT2D eigenvalue weighted by Gasteiger charge is -2.03. The van der Waals surface area contributed by atoms with E-state index in [1.165, 1.54) is 12.5 Å². The smallest absolute Gasteiger partial charge is 0.285 e. The monoisotopic (exact) mass is 342 g/mol. The zero-order valence-corrected chi connectivity index (χ0v) is 13.9. The highest BCUT2D eigenvalue weighted by Crippen LogP contribution is 2.18. The molecule has 0 radical (unpaired) electrons. The zero-order valence-electron chi connectivity index (χ0n) is 13.0. The second-order valence-electron chi connectivity index (χ2n) is 5.08. The van der Waals surface area contributed by atoms with Gasteiger partial charge in [0, 0.05) is 30.5 Å². The van der Waals surface area contributed by atoms with Crippen LogP contribution in [-0.2, 0) is 9.73 Å². The molecular formula is C16H14N4O3S. The number of pyridine rings is 1. The Morgan fingerprint density at radius 2 is 2.04 bits per heavy atom. The second-order valence-corrected chi connectivity index (χ2v) is 7.29. The van der Waals surface area contributed by atoms with Crippen LogP contribution in [0.25, 0.3) is 11.4 Å². The Morgan fingerprint density at radius 3 is 2.71 bits per heavy atom. The Kier molecular flexibility index (Phi) is 4.22. The molecule has 0 fully saturated rings. The molecule has 1 atom stereocenters. The van der Waals surface area contributed by atoms with Gasteiger partial charge in [0.2, 0.25) is 11.7 Å². The Balaban J connectivity index is 1.96. The van der Waals surface area contributed by atoms with E-state index in [4.69, 9.17) is 4.52 Å². The molecule has 1 aromatic carbocycles. The van der Waals surface area contributed by atoms with Crippen molar-refractivity contribution in [2.45, 2.75) is 11.9 Å². The highest BCUT2D eigenvalue weighted by Gasteiger charge is 2.14. The zero-order chi connectivity index (χ0) is 17.2. The maximum absolute atomic E-state index is 12.6. The van der Waals surface area contributed by atoms with Gasteiger partial charge in [-0.05, 0) is 24.3 Å². The fourth-order valence-electron chi connectivity index (χ4n) is 2.04. The molecule has 0 saturated carbocycles. The van der Waals surface area contributed by atoms with Crippen molar-refractivity contribution < 1.29 is 13.5 Å². The molecular weight excluding hydrogens is 328 g/mol. The van der Waals surface area contributed by atoms with Crippen LogP contribution in [0.15, 0.2) is 62.6 Å². The van der Waals surface area contributed by atoms with Crippen LogP contribution in [0.1, 0.15) is 16.2 Å². The standard InChI is InChI=1S/C16H14N4O3S/c1-11-18-15(19-23-11)12-6-5-7-13(10-12)16(21)20-24(2,22)14-8-3-4-9-17-14/h3-10H,1-2H3. The average Bonchev–Trinajstić information content (AvgIpc) is 3.02. The van der Waals surface area contributed by atoms with Crippen LogP contribution in [0.2, 0.25) is 0 Å². The van der Waals surface area contributed by atoms with Crippen molar-refractivity contribution in [2.75, 3.05) is 6.26 Å². The molecule has 0 saturated heterocycles. The molecule has 1 amide bonds. The fourth-order valence-corrected chi connectivity index (χ4v) is 3.14. The van der Waals surface area contributed by atoms with Crippen molar-refractivity contribution >= 4 is 15.6 Å². The Bertz CT molecular complexity index is 1000. The minimum Gasteiger partial charge on any atom is -0.339 e. The third-order valence-corrected chi connectivity index (χ3v) is 4.71. The summed E-state index contributed by atoms with van der Waals surface area (Å²) < 4.78 is 21.4. The lowest BCUT2D eigenvalue weighted by atomic mass is 10.1. The molecule has 0 aliphatic carbocycles. The van der Waals surface area contributed by atoms with Crippen molar-refractivity contribution in [3.05, 3.63) is 60.1 Å². The van der Waals surface area contributed by atoms with Crippen molar-refractivity contribution in [1.29, 1.82) is 0 Å². The van der Waals surface area contributed by atoms with Crippen LogP contribution >= 0.6 is 0 Å². The van der Waals surface area contributed by atoms with Gasteiger partial charge >= 0.3 is 0 Å². The first-order valence-corrected chi connectivity index (χ1v) is 8.96. The van der Waals surface area contributed by atoms with Crippen LogP contribution in [0.5, 0.6) is 0 Å². The normalized spacial score (nSPS) is 13.2. The predicted octanol–water partition coefficient (Wildman–Crippen LogP) is 2.74. The molecule has 0 aliphatic rings. The lowest BCUT2D eigenvalue weighted by molar-refractivity contribution is 0.100. The molecule has 0 aliphatic heterocycles. The van der Waals surface area contributed by atoms with Gasteiger partial charge in [-0.15, -0.1) is 0 Å². The molecule has 0 bridgehead atoms. The molecule has 7 nitrogen and oxygen atoms in total. The lowest BCUT2D eigenvalue weighted by Crippen LogP contribution is -2.05. The van der Waals surface area contributed by atoms with Gasteiger partial charge in [-0.1, -0.05) is 23.4 Å². The maximum Gasteiger partial charge on any atom is 0.285 e. The van der Waals surface area contributed by atoms with Crippen LogP contribution in [0, 0.1) is 6.92 Å². The third-order valence-electron chi connectivity index (χ3n) is 3.18. The van der Waals surface area contributed by atoms with E-state index in [1.807, 2.05) is 0 Å². The molecule has 122 valence electrons. The first kappa shape index (κ1) is 16.0. The summed E-state index contributed by atoms with van der Waals surface area (Å²) in [5.74, 6) is 0.220. The van der Waals surface area contributed by atoms with Gasteiger partial charge in [0.1, 0.15) is 5.03 Å². The number of aryl methyl sites for hydroxylation is 1. The van der Waals surface area contributed by atoms with E-state index in [1.54, 1.807) is 49.4 Å². The molecule has 8 heteroatoms. The van der Waals surface area contributed by atoms with E-state index >= 15 is 0 Å². The van der Waals surface area contributed by atoms with Crippen LogP contribution in [0.3, 0.4) is 0 Å². The predicted molar refractivity (Wildman–Crippen MR) is 87.8 cm³/mol. The van der Waals surface area contributed by atoms with Gasteiger partial charge in [0.25, 0.3) is 5.91 Å². The number of aromatic nitrogens is 3. The SMILES string of the molecule is Cc1nc(-c2cccc(C(=O)N=S(C)(=O)c3ccccn3)c2)no1. The van der Waals surface area contributed by atoms with E-state index in [-0.39, 0.29) is 5.03 Å². The highest BCUT2D eigenvalue weighted by molar-refractivity contribution is 7.93. The van der Waals surface area contributed by atoms with Crippen molar-refractivity contribution in [3.63, 3.8) is 0 Å². The van der Waals surface area contributed by atoms with Gasteiger partial charge in [0.05, 0.1) is 9.73 Å². The summed E-state index contributed by atoms with van der Waals surface area (Å²) in [4.78, 5) is 20.5. The van der Waals surface area contributed by atoms with E-state index in [2.05, 4.69) is 19.5 Å². The van der Waals surface area contributed by atoms with Gasteiger partial charge in [-0.2, -0.15) is 9.35 Å². The summed E-state index contributed by atoms with van der Waals surface area (Å²) in [5.41, 5.74) is 0.911. The quantitative estimate of drug-likeness (QED) is 0.726. The van der Waals surface area contributed by atoms with Gasteiger partial charge < -0.3 is 4.52 Å². The number of hydrogen-bond acceptors (Lipinski definition) is 6. The summed E-state index contributed by atoms with van der Waals surface area (Å²) in [7, 11) is -2.92. The number of nitrogens with zero attached hydrogens (tertiary/aromatic N) is 4. The Hall–Kier alpha value is -2.87. The van der Waals surface area contributed by atoms with Crippen molar-refractivity contribution in [3.8, 4) is 11.4 Å². The van der Waals surface area contributed by atoms with E-state index in [0.717, 1.165) is 0 Å². The summed E-state index contributed by atoms with van der Waals surface area (Å²) in [5, 5.41) is 4.08. The minimum atomic E-state index is -2.92. The highest BCUT2D eigenvalue weighted by atomic mass is 32.2. The number of amides is 1. The van der Waals surface area contributed by atoms with Gasteiger partial charge in [-0.3, -0.25) is 4.79 Å². The second kappa shape index (κ2) is 6.32. The number of benzene rings is 1. The van der Waals surface area contributed by atoms with Gasteiger partial charge in [0.15, 0.2) is 0 Å². The first-order valence-electron chi connectivity index (χ1n) is 7.04. The van der Waals surface area contributed by atoms with Crippen LogP contribution < -0.4 is 0 Å². The molecule has 24 heavy (non-hydrogen) atoms. The third kappa shape index (κ3) is 3.38. The Labute approximate surface area is 138 Å². The van der Waals surface area contributed by atoms with Crippen molar-refractivity contribution in [2.24, 2.45) is 4.36 Å². The molecule has 1 unspecified atom stereocenters. The molecule has 3 rings (SSSR count).